The van der Waals surface area contributed by atoms with Gasteiger partial charge in [-0.3, -0.25) is 0 Å². The predicted molar refractivity (Wildman–Crippen MR) is 88.7 cm³/mol. The highest BCUT2D eigenvalue weighted by molar-refractivity contribution is 6.34. The molecule has 1 aromatic carbocycles. The maximum Gasteiger partial charge on any atom is 0.161 e. The second-order valence-corrected chi connectivity index (χ2v) is 5.98. The van der Waals surface area contributed by atoms with E-state index in [4.69, 9.17) is 21.3 Å². The molecular formula is C17H18ClN3O. The number of rotatable bonds is 4. The molecule has 0 unspecified atom stereocenters. The number of hydrogen-bond acceptors (Lipinski definition) is 3. The van der Waals surface area contributed by atoms with Gasteiger partial charge in [0, 0.05) is 5.69 Å². The maximum atomic E-state index is 6.33. The summed E-state index contributed by atoms with van der Waals surface area (Å²) in [5.74, 6) is 1.17. The van der Waals surface area contributed by atoms with E-state index in [9.17, 15) is 0 Å². The molecule has 0 bridgehead atoms. The van der Waals surface area contributed by atoms with E-state index in [1.807, 2.05) is 34.9 Å². The van der Waals surface area contributed by atoms with E-state index < -0.39 is 0 Å². The van der Waals surface area contributed by atoms with Crippen LogP contribution in [0.15, 0.2) is 36.7 Å². The molecule has 0 amide bonds. The van der Waals surface area contributed by atoms with E-state index in [1.54, 1.807) is 13.4 Å². The first-order chi connectivity index (χ1) is 10.6. The van der Waals surface area contributed by atoms with E-state index in [2.05, 4.69) is 18.8 Å². The van der Waals surface area contributed by atoms with Crippen LogP contribution in [-0.4, -0.2) is 21.6 Å². The average Bonchev–Trinajstić information content (AvgIpc) is 2.91. The van der Waals surface area contributed by atoms with Crippen molar-refractivity contribution in [2.45, 2.75) is 26.3 Å². The molecule has 2 heterocycles. The number of aromatic nitrogens is 3. The fourth-order valence-electron chi connectivity index (χ4n) is 2.35. The molecule has 3 aromatic rings. The van der Waals surface area contributed by atoms with Crippen LogP contribution >= 0.6 is 11.6 Å². The van der Waals surface area contributed by atoms with Gasteiger partial charge in [0.1, 0.15) is 11.3 Å². The monoisotopic (exact) mass is 315 g/mol. The van der Waals surface area contributed by atoms with Gasteiger partial charge in [-0.25, -0.2) is 9.97 Å². The minimum atomic E-state index is 0.325. The molecule has 2 aromatic heterocycles. The molecule has 22 heavy (non-hydrogen) atoms. The first kappa shape index (κ1) is 14.9. The normalized spacial score (nSPS) is 11.3. The molecule has 0 N–H and O–H groups in total. The van der Waals surface area contributed by atoms with Crippen molar-refractivity contribution in [1.29, 1.82) is 0 Å². The summed E-state index contributed by atoms with van der Waals surface area (Å²) in [6, 6.07) is 9.89. The maximum absolute atomic E-state index is 6.33. The highest BCUT2D eigenvalue weighted by Crippen LogP contribution is 2.25. The van der Waals surface area contributed by atoms with Gasteiger partial charge in [0.15, 0.2) is 5.65 Å². The zero-order valence-corrected chi connectivity index (χ0v) is 13.6. The van der Waals surface area contributed by atoms with Gasteiger partial charge in [-0.1, -0.05) is 37.6 Å². The molecule has 114 valence electrons. The van der Waals surface area contributed by atoms with Crippen molar-refractivity contribution < 1.29 is 4.74 Å². The first-order valence-corrected chi connectivity index (χ1v) is 7.60. The summed E-state index contributed by atoms with van der Waals surface area (Å²) in [6.45, 7) is 4.91. The Balaban J connectivity index is 1.99. The van der Waals surface area contributed by atoms with Gasteiger partial charge in [-0.15, -0.1) is 0 Å². The summed E-state index contributed by atoms with van der Waals surface area (Å²) in [5.41, 5.74) is 3.72. The van der Waals surface area contributed by atoms with Gasteiger partial charge in [-0.05, 0) is 29.7 Å². The standard InChI is InChI=1S/C17H18ClN3O/c1-11(2)15-8-14(18)16-17(20-15)21(10-19-16)9-12-4-6-13(22-3)7-5-12/h4-8,10-11H,9H2,1-3H3. The minimum Gasteiger partial charge on any atom is -0.497 e. The lowest BCUT2D eigenvalue weighted by Gasteiger charge is -2.08. The second kappa shape index (κ2) is 5.97. The van der Waals surface area contributed by atoms with Crippen LogP contribution in [0, 0.1) is 0 Å². The quantitative estimate of drug-likeness (QED) is 0.722. The van der Waals surface area contributed by atoms with Gasteiger partial charge in [0.2, 0.25) is 0 Å². The highest BCUT2D eigenvalue weighted by atomic mass is 35.5. The van der Waals surface area contributed by atoms with Gasteiger partial charge in [-0.2, -0.15) is 0 Å². The van der Waals surface area contributed by atoms with E-state index in [0.717, 1.165) is 28.2 Å². The molecule has 0 aliphatic rings. The highest BCUT2D eigenvalue weighted by Gasteiger charge is 2.12. The number of benzene rings is 1. The van der Waals surface area contributed by atoms with Crippen LogP contribution in [0.3, 0.4) is 0 Å². The van der Waals surface area contributed by atoms with Crippen molar-refractivity contribution in [3.63, 3.8) is 0 Å². The molecule has 0 radical (unpaired) electrons. The lowest BCUT2D eigenvalue weighted by atomic mass is 10.1. The Labute approximate surface area is 134 Å². The lowest BCUT2D eigenvalue weighted by molar-refractivity contribution is 0.414. The summed E-state index contributed by atoms with van der Waals surface area (Å²) in [7, 11) is 1.66. The minimum absolute atomic E-state index is 0.325. The Morgan fingerprint density at radius 3 is 2.59 bits per heavy atom. The molecule has 0 aliphatic heterocycles. The van der Waals surface area contributed by atoms with Crippen LogP contribution in [0.4, 0.5) is 0 Å². The number of halogens is 1. The lowest BCUT2D eigenvalue weighted by Crippen LogP contribution is -2.01. The van der Waals surface area contributed by atoms with Crippen molar-refractivity contribution in [1.82, 2.24) is 14.5 Å². The molecule has 3 rings (SSSR count). The van der Waals surface area contributed by atoms with Crippen LogP contribution in [0.5, 0.6) is 5.75 Å². The van der Waals surface area contributed by atoms with E-state index >= 15 is 0 Å². The van der Waals surface area contributed by atoms with Crippen molar-refractivity contribution >= 4 is 22.8 Å². The van der Waals surface area contributed by atoms with E-state index in [0.29, 0.717) is 17.5 Å². The summed E-state index contributed by atoms with van der Waals surface area (Å²) in [5, 5.41) is 0.655. The Hall–Kier alpha value is -2.07. The van der Waals surface area contributed by atoms with Crippen molar-refractivity contribution in [3.8, 4) is 5.75 Å². The molecule has 0 saturated heterocycles. The fraction of sp³-hybridized carbons (Fsp3) is 0.294. The molecule has 0 saturated carbocycles. The van der Waals surface area contributed by atoms with Crippen molar-refractivity contribution in [2.75, 3.05) is 7.11 Å². The zero-order chi connectivity index (χ0) is 15.7. The molecule has 0 atom stereocenters. The van der Waals surface area contributed by atoms with Crippen LogP contribution in [0.2, 0.25) is 5.02 Å². The number of hydrogen-bond donors (Lipinski definition) is 0. The number of fused-ring (bicyclic) bond motifs is 1. The van der Waals surface area contributed by atoms with Crippen LogP contribution in [0.1, 0.15) is 31.0 Å². The predicted octanol–water partition coefficient (Wildman–Crippen LogP) is 4.27. The molecule has 5 heteroatoms. The Morgan fingerprint density at radius 2 is 1.95 bits per heavy atom. The molecule has 4 nitrogen and oxygen atoms in total. The van der Waals surface area contributed by atoms with Gasteiger partial charge >= 0.3 is 0 Å². The van der Waals surface area contributed by atoms with Crippen LogP contribution in [0.25, 0.3) is 11.2 Å². The van der Waals surface area contributed by atoms with E-state index in [1.165, 1.54) is 0 Å². The number of ether oxygens (including phenoxy) is 1. The molecule has 0 aliphatic carbocycles. The number of nitrogens with zero attached hydrogens (tertiary/aromatic N) is 3. The summed E-state index contributed by atoms with van der Waals surface area (Å²) in [4.78, 5) is 9.11. The smallest absolute Gasteiger partial charge is 0.161 e. The van der Waals surface area contributed by atoms with Gasteiger partial charge < -0.3 is 9.30 Å². The van der Waals surface area contributed by atoms with Crippen molar-refractivity contribution in [3.05, 3.63) is 52.9 Å². The van der Waals surface area contributed by atoms with Crippen LogP contribution < -0.4 is 4.74 Å². The fourth-order valence-corrected chi connectivity index (χ4v) is 2.60. The average molecular weight is 316 g/mol. The first-order valence-electron chi connectivity index (χ1n) is 7.22. The number of imidazole rings is 1. The molecule has 0 spiro atoms. The zero-order valence-electron chi connectivity index (χ0n) is 12.9. The van der Waals surface area contributed by atoms with Gasteiger partial charge in [0.05, 0.1) is 25.0 Å². The van der Waals surface area contributed by atoms with Crippen LogP contribution in [-0.2, 0) is 6.54 Å². The second-order valence-electron chi connectivity index (χ2n) is 5.58. The number of pyridine rings is 1. The number of methoxy groups -OCH3 is 1. The van der Waals surface area contributed by atoms with Gasteiger partial charge in [0.25, 0.3) is 0 Å². The summed E-state index contributed by atoms with van der Waals surface area (Å²) < 4.78 is 7.21. The Kier molecular flexibility index (Phi) is 4.03. The largest absolute Gasteiger partial charge is 0.497 e. The Morgan fingerprint density at radius 1 is 1.23 bits per heavy atom. The summed E-state index contributed by atoms with van der Waals surface area (Å²) >= 11 is 6.33. The third kappa shape index (κ3) is 2.79. The van der Waals surface area contributed by atoms with Crippen molar-refractivity contribution in [2.24, 2.45) is 0 Å². The Bertz CT molecular complexity index is 794. The third-order valence-electron chi connectivity index (χ3n) is 3.65. The third-order valence-corrected chi connectivity index (χ3v) is 3.94. The van der Waals surface area contributed by atoms with E-state index in [-0.39, 0.29) is 0 Å². The molecular weight excluding hydrogens is 298 g/mol. The SMILES string of the molecule is COc1ccc(Cn2cnc3c(Cl)cc(C(C)C)nc32)cc1. The summed E-state index contributed by atoms with van der Waals surface area (Å²) in [6.07, 6.45) is 1.79. The topological polar surface area (TPSA) is 39.9 Å². The molecule has 0 fully saturated rings.